The zero-order valence-electron chi connectivity index (χ0n) is 18.1. The number of piperazine rings is 1. The third kappa shape index (κ3) is 6.16. The van der Waals surface area contributed by atoms with E-state index >= 15 is 0 Å². The van der Waals surface area contributed by atoms with E-state index in [4.69, 9.17) is 4.74 Å². The molecule has 1 unspecified atom stereocenters. The number of aromatic nitrogens is 3. The SMILES string of the molecule is CN=C(NCc1ccc(N2CCOC(C)C2)nc1)N1CCN(c2ncccn2)CC1.I. The first kappa shape index (κ1) is 23.5. The van der Waals surface area contributed by atoms with E-state index < -0.39 is 0 Å². The smallest absolute Gasteiger partial charge is 0.225 e. The Labute approximate surface area is 200 Å². The van der Waals surface area contributed by atoms with Crippen molar-refractivity contribution in [3.05, 3.63) is 42.4 Å². The predicted octanol–water partition coefficient (Wildman–Crippen LogP) is 1.61. The van der Waals surface area contributed by atoms with Gasteiger partial charge in [0.1, 0.15) is 5.82 Å². The molecule has 168 valence electrons. The van der Waals surface area contributed by atoms with E-state index in [2.05, 4.69) is 59.0 Å². The number of nitrogens with zero attached hydrogens (tertiary/aromatic N) is 7. The first-order chi connectivity index (χ1) is 14.7. The molecule has 0 bridgehead atoms. The largest absolute Gasteiger partial charge is 0.375 e. The minimum atomic E-state index is 0. The van der Waals surface area contributed by atoms with Crippen LogP contribution in [0.1, 0.15) is 12.5 Å². The van der Waals surface area contributed by atoms with Gasteiger partial charge in [-0.25, -0.2) is 15.0 Å². The van der Waals surface area contributed by atoms with Gasteiger partial charge in [0, 0.05) is 71.5 Å². The van der Waals surface area contributed by atoms with Crippen LogP contribution in [0.25, 0.3) is 0 Å². The lowest BCUT2D eigenvalue weighted by molar-refractivity contribution is 0.0529. The second-order valence-corrected chi connectivity index (χ2v) is 7.58. The summed E-state index contributed by atoms with van der Waals surface area (Å²) in [5.41, 5.74) is 1.14. The zero-order chi connectivity index (χ0) is 20.8. The van der Waals surface area contributed by atoms with Crippen LogP contribution >= 0.6 is 24.0 Å². The Balaban J connectivity index is 0.00000272. The molecule has 2 aromatic rings. The summed E-state index contributed by atoms with van der Waals surface area (Å²) in [6.45, 7) is 8.84. The van der Waals surface area contributed by atoms with E-state index in [1.165, 1.54) is 0 Å². The molecule has 0 aromatic carbocycles. The van der Waals surface area contributed by atoms with Gasteiger partial charge in [-0.2, -0.15) is 0 Å². The van der Waals surface area contributed by atoms with Crippen molar-refractivity contribution in [3.63, 3.8) is 0 Å². The summed E-state index contributed by atoms with van der Waals surface area (Å²) in [7, 11) is 1.83. The van der Waals surface area contributed by atoms with Crippen LogP contribution in [0.3, 0.4) is 0 Å². The molecule has 0 amide bonds. The van der Waals surface area contributed by atoms with Crippen LogP contribution in [-0.2, 0) is 11.3 Å². The average Bonchev–Trinajstić information content (AvgIpc) is 2.81. The number of ether oxygens (including phenoxy) is 1. The number of pyridine rings is 1. The van der Waals surface area contributed by atoms with Gasteiger partial charge in [-0.15, -0.1) is 24.0 Å². The van der Waals surface area contributed by atoms with Gasteiger partial charge in [0.2, 0.25) is 5.95 Å². The molecule has 9 nitrogen and oxygen atoms in total. The third-order valence-corrected chi connectivity index (χ3v) is 5.45. The summed E-state index contributed by atoms with van der Waals surface area (Å²) < 4.78 is 5.61. The maximum absolute atomic E-state index is 5.61. The van der Waals surface area contributed by atoms with Gasteiger partial charge in [-0.3, -0.25) is 4.99 Å². The van der Waals surface area contributed by atoms with Crippen molar-refractivity contribution >= 4 is 41.7 Å². The average molecular weight is 538 g/mol. The predicted molar refractivity (Wildman–Crippen MR) is 133 cm³/mol. The van der Waals surface area contributed by atoms with E-state index in [-0.39, 0.29) is 30.1 Å². The number of morpholine rings is 1. The van der Waals surface area contributed by atoms with E-state index in [0.717, 1.165) is 69.2 Å². The molecule has 0 radical (unpaired) electrons. The fourth-order valence-electron chi connectivity index (χ4n) is 3.82. The highest BCUT2D eigenvalue weighted by Gasteiger charge is 2.21. The number of aliphatic imine (C=N–C) groups is 1. The van der Waals surface area contributed by atoms with Crippen molar-refractivity contribution in [3.8, 4) is 0 Å². The van der Waals surface area contributed by atoms with Crippen molar-refractivity contribution in [2.75, 3.05) is 62.7 Å². The van der Waals surface area contributed by atoms with Crippen LogP contribution in [0.15, 0.2) is 41.8 Å². The van der Waals surface area contributed by atoms with Crippen LogP contribution < -0.4 is 15.1 Å². The fourth-order valence-corrected chi connectivity index (χ4v) is 3.82. The molecule has 2 aliphatic rings. The van der Waals surface area contributed by atoms with Crippen LogP contribution in [0.2, 0.25) is 0 Å². The number of rotatable bonds is 4. The molecule has 4 rings (SSSR count). The molecule has 2 aliphatic heterocycles. The standard InChI is InChI=1S/C21H30N8O.HI/c1-17-16-29(12-13-30-17)19-5-4-18(14-25-19)15-26-20(22-2)27-8-10-28(11-9-27)21-23-6-3-7-24-21;/h3-7,14,17H,8-13,15-16H2,1-2H3,(H,22,26);1H. The highest BCUT2D eigenvalue weighted by molar-refractivity contribution is 14.0. The topological polar surface area (TPSA) is 82.0 Å². The summed E-state index contributed by atoms with van der Waals surface area (Å²) in [5, 5.41) is 3.47. The van der Waals surface area contributed by atoms with Crippen LogP contribution in [0.4, 0.5) is 11.8 Å². The first-order valence-corrected chi connectivity index (χ1v) is 10.5. The van der Waals surface area contributed by atoms with Crippen molar-refractivity contribution in [2.24, 2.45) is 4.99 Å². The molecule has 0 aliphatic carbocycles. The van der Waals surface area contributed by atoms with Crippen LogP contribution in [0, 0.1) is 0 Å². The third-order valence-electron chi connectivity index (χ3n) is 5.45. The van der Waals surface area contributed by atoms with Gasteiger partial charge in [-0.1, -0.05) is 6.07 Å². The highest BCUT2D eigenvalue weighted by atomic mass is 127. The molecule has 2 aromatic heterocycles. The van der Waals surface area contributed by atoms with E-state index in [1.807, 2.05) is 19.3 Å². The number of hydrogen-bond acceptors (Lipinski definition) is 7. The Morgan fingerprint density at radius 2 is 1.87 bits per heavy atom. The van der Waals surface area contributed by atoms with Gasteiger partial charge in [0.05, 0.1) is 12.7 Å². The molecule has 1 N–H and O–H groups in total. The lowest BCUT2D eigenvalue weighted by Gasteiger charge is -2.36. The zero-order valence-corrected chi connectivity index (χ0v) is 20.5. The summed E-state index contributed by atoms with van der Waals surface area (Å²) in [5.74, 6) is 2.72. The Morgan fingerprint density at radius 1 is 1.10 bits per heavy atom. The number of anilines is 2. The van der Waals surface area contributed by atoms with Crippen LogP contribution in [0.5, 0.6) is 0 Å². The van der Waals surface area contributed by atoms with Gasteiger partial charge in [0.15, 0.2) is 5.96 Å². The fraction of sp³-hybridized carbons (Fsp3) is 0.524. The van der Waals surface area contributed by atoms with Crippen LogP contribution in [-0.4, -0.2) is 84.8 Å². The molecule has 31 heavy (non-hydrogen) atoms. The van der Waals surface area contributed by atoms with Gasteiger partial charge < -0.3 is 24.8 Å². The Hall–Kier alpha value is -2.21. The van der Waals surface area contributed by atoms with Crippen molar-refractivity contribution in [2.45, 2.75) is 19.6 Å². The van der Waals surface area contributed by atoms with Crippen molar-refractivity contribution in [1.82, 2.24) is 25.2 Å². The maximum Gasteiger partial charge on any atom is 0.225 e. The molecular formula is C21H31IN8O. The minimum Gasteiger partial charge on any atom is -0.375 e. The molecule has 2 saturated heterocycles. The number of halogens is 1. The molecular weight excluding hydrogens is 507 g/mol. The summed E-state index contributed by atoms with van der Waals surface area (Å²) in [6.07, 6.45) is 5.77. The van der Waals surface area contributed by atoms with E-state index in [9.17, 15) is 0 Å². The summed E-state index contributed by atoms with van der Waals surface area (Å²) >= 11 is 0. The summed E-state index contributed by atoms with van der Waals surface area (Å²) in [4.78, 5) is 24.6. The van der Waals surface area contributed by atoms with Gasteiger partial charge in [0.25, 0.3) is 0 Å². The lowest BCUT2D eigenvalue weighted by atomic mass is 10.2. The lowest BCUT2D eigenvalue weighted by Crippen LogP contribution is -2.52. The molecule has 1 atom stereocenters. The molecule has 0 spiro atoms. The Kier molecular flexibility index (Phi) is 8.64. The normalized spacial score (nSPS) is 19.7. The molecule has 10 heteroatoms. The van der Waals surface area contributed by atoms with Gasteiger partial charge >= 0.3 is 0 Å². The summed E-state index contributed by atoms with van der Waals surface area (Å²) in [6, 6.07) is 6.07. The first-order valence-electron chi connectivity index (χ1n) is 10.5. The second kappa shape index (κ2) is 11.4. The number of guanidine groups is 1. The van der Waals surface area contributed by atoms with E-state index in [0.29, 0.717) is 6.54 Å². The minimum absolute atomic E-state index is 0. The Bertz CT molecular complexity index is 827. The monoisotopic (exact) mass is 538 g/mol. The van der Waals surface area contributed by atoms with Gasteiger partial charge in [-0.05, 0) is 24.6 Å². The van der Waals surface area contributed by atoms with Crippen molar-refractivity contribution < 1.29 is 4.74 Å². The molecule has 2 fully saturated rings. The van der Waals surface area contributed by atoms with E-state index in [1.54, 1.807) is 12.4 Å². The number of nitrogens with one attached hydrogen (secondary N) is 1. The highest BCUT2D eigenvalue weighted by Crippen LogP contribution is 2.15. The Morgan fingerprint density at radius 3 is 2.52 bits per heavy atom. The quantitative estimate of drug-likeness (QED) is 0.358. The second-order valence-electron chi connectivity index (χ2n) is 7.58. The maximum atomic E-state index is 5.61. The molecule has 0 saturated carbocycles. The molecule has 4 heterocycles. The van der Waals surface area contributed by atoms with Crippen molar-refractivity contribution in [1.29, 1.82) is 0 Å². The number of hydrogen-bond donors (Lipinski definition) is 1.